The molecule has 1 aliphatic rings. The third-order valence-corrected chi connectivity index (χ3v) is 4.73. The molecule has 1 aliphatic heterocycles. The molecule has 122 valence electrons. The van der Waals surface area contributed by atoms with Gasteiger partial charge >= 0.3 is 0 Å². The molecule has 4 heteroatoms. The number of halogens is 1. The summed E-state index contributed by atoms with van der Waals surface area (Å²) in [7, 11) is 0. The second kappa shape index (κ2) is 6.91. The zero-order valence-electron chi connectivity index (χ0n) is 13.1. The minimum absolute atomic E-state index is 0.0581. The molecule has 0 bridgehead atoms. The maximum atomic E-state index is 9.80. The molecular weight excluding hydrogens is 312 g/mol. The van der Waals surface area contributed by atoms with Crippen LogP contribution in [0.25, 0.3) is 0 Å². The molecule has 0 saturated carbocycles. The van der Waals surface area contributed by atoms with Gasteiger partial charge in [-0.25, -0.2) is 0 Å². The van der Waals surface area contributed by atoms with Crippen LogP contribution in [0.15, 0.2) is 42.5 Å². The van der Waals surface area contributed by atoms with Gasteiger partial charge in [0.15, 0.2) is 0 Å². The van der Waals surface area contributed by atoms with E-state index in [1.54, 1.807) is 12.1 Å². The van der Waals surface area contributed by atoms with E-state index in [2.05, 4.69) is 6.07 Å². The molecule has 2 N–H and O–H groups in total. The van der Waals surface area contributed by atoms with Crippen LogP contribution in [0.3, 0.4) is 0 Å². The lowest BCUT2D eigenvalue weighted by Crippen LogP contribution is -2.15. The highest BCUT2D eigenvalue weighted by Gasteiger charge is 2.30. The highest BCUT2D eigenvalue weighted by Crippen LogP contribution is 2.26. The van der Waals surface area contributed by atoms with E-state index in [1.165, 1.54) is 0 Å². The standard InChI is InChI=1S/C19H21ClO3/c1-12-19(22)11-17(23-12)10-14-4-7-18(20)15(9-14)8-13-2-5-16(21)6-3-13/h2-7,9,12,17,19,21-22H,8,10-11H2,1H3. The molecule has 0 aromatic heterocycles. The van der Waals surface area contributed by atoms with Crippen molar-refractivity contribution < 1.29 is 14.9 Å². The molecule has 3 rings (SSSR count). The second-order valence-electron chi connectivity index (χ2n) is 6.24. The van der Waals surface area contributed by atoms with Crippen molar-refractivity contribution in [2.24, 2.45) is 0 Å². The summed E-state index contributed by atoms with van der Waals surface area (Å²) in [5.41, 5.74) is 3.32. The quantitative estimate of drug-likeness (QED) is 0.897. The van der Waals surface area contributed by atoms with E-state index in [0.717, 1.165) is 34.6 Å². The molecule has 3 atom stereocenters. The summed E-state index contributed by atoms with van der Waals surface area (Å²) < 4.78 is 5.77. The monoisotopic (exact) mass is 332 g/mol. The van der Waals surface area contributed by atoms with Gasteiger partial charge in [-0.2, -0.15) is 0 Å². The Morgan fingerprint density at radius 3 is 2.48 bits per heavy atom. The van der Waals surface area contributed by atoms with E-state index < -0.39 is 0 Å². The van der Waals surface area contributed by atoms with Gasteiger partial charge in [0.1, 0.15) is 5.75 Å². The van der Waals surface area contributed by atoms with Crippen molar-refractivity contribution in [3.63, 3.8) is 0 Å². The van der Waals surface area contributed by atoms with E-state index in [9.17, 15) is 10.2 Å². The second-order valence-corrected chi connectivity index (χ2v) is 6.65. The van der Waals surface area contributed by atoms with Gasteiger partial charge < -0.3 is 14.9 Å². The Hall–Kier alpha value is -1.55. The Morgan fingerprint density at radius 2 is 1.83 bits per heavy atom. The zero-order chi connectivity index (χ0) is 16.4. The Labute approximate surface area is 141 Å². The molecular formula is C19H21ClO3. The highest BCUT2D eigenvalue weighted by atomic mass is 35.5. The number of ether oxygens (including phenoxy) is 1. The number of benzene rings is 2. The Morgan fingerprint density at radius 1 is 1.13 bits per heavy atom. The lowest BCUT2D eigenvalue weighted by atomic mass is 9.99. The van der Waals surface area contributed by atoms with Gasteiger partial charge in [-0.05, 0) is 54.7 Å². The van der Waals surface area contributed by atoms with Crippen LogP contribution in [0.2, 0.25) is 5.02 Å². The number of hydrogen-bond donors (Lipinski definition) is 2. The molecule has 3 unspecified atom stereocenters. The van der Waals surface area contributed by atoms with E-state index in [4.69, 9.17) is 16.3 Å². The molecule has 0 aliphatic carbocycles. The lowest BCUT2D eigenvalue weighted by molar-refractivity contribution is 0.0226. The largest absolute Gasteiger partial charge is 0.508 e. The summed E-state index contributed by atoms with van der Waals surface area (Å²) in [6, 6.07) is 13.2. The van der Waals surface area contributed by atoms with Gasteiger partial charge in [0.05, 0.1) is 18.3 Å². The third kappa shape index (κ3) is 4.05. The van der Waals surface area contributed by atoms with Crippen molar-refractivity contribution in [3.8, 4) is 5.75 Å². The van der Waals surface area contributed by atoms with E-state index >= 15 is 0 Å². The van der Waals surface area contributed by atoms with Crippen LogP contribution in [-0.2, 0) is 17.6 Å². The number of phenolic OH excluding ortho intramolecular Hbond substituents is 1. The average molecular weight is 333 g/mol. The van der Waals surface area contributed by atoms with Crippen LogP contribution in [0.5, 0.6) is 5.75 Å². The number of rotatable bonds is 4. The van der Waals surface area contributed by atoms with E-state index in [1.807, 2.05) is 31.2 Å². The molecule has 2 aromatic carbocycles. The van der Waals surface area contributed by atoms with Crippen molar-refractivity contribution >= 4 is 11.6 Å². The fraction of sp³-hybridized carbons (Fsp3) is 0.368. The first-order chi connectivity index (χ1) is 11.0. The summed E-state index contributed by atoms with van der Waals surface area (Å²) in [5.74, 6) is 0.264. The topological polar surface area (TPSA) is 49.7 Å². The normalized spacial score (nSPS) is 24.0. The van der Waals surface area contributed by atoms with Crippen molar-refractivity contribution in [1.29, 1.82) is 0 Å². The van der Waals surface area contributed by atoms with Gasteiger partial charge in [-0.1, -0.05) is 35.9 Å². The number of aliphatic hydroxyl groups is 1. The number of phenols is 1. The van der Waals surface area contributed by atoms with Gasteiger partial charge in [0, 0.05) is 11.4 Å². The maximum Gasteiger partial charge on any atom is 0.115 e. The minimum Gasteiger partial charge on any atom is -0.508 e. The number of aliphatic hydroxyl groups excluding tert-OH is 1. The van der Waals surface area contributed by atoms with Gasteiger partial charge in [0.25, 0.3) is 0 Å². The molecule has 0 radical (unpaired) electrons. The Bertz CT molecular complexity index is 659. The molecule has 1 fully saturated rings. The number of hydrogen-bond acceptors (Lipinski definition) is 3. The summed E-state index contributed by atoms with van der Waals surface area (Å²) in [5, 5.41) is 19.9. The molecule has 2 aromatic rings. The lowest BCUT2D eigenvalue weighted by Gasteiger charge is -2.13. The fourth-order valence-corrected chi connectivity index (χ4v) is 3.21. The van der Waals surface area contributed by atoms with Crippen LogP contribution in [-0.4, -0.2) is 28.5 Å². The van der Waals surface area contributed by atoms with Crippen LogP contribution in [0, 0.1) is 0 Å². The smallest absolute Gasteiger partial charge is 0.115 e. The summed E-state index contributed by atoms with van der Waals surface area (Å²) >= 11 is 6.32. The molecule has 3 nitrogen and oxygen atoms in total. The van der Waals surface area contributed by atoms with E-state index in [-0.39, 0.29) is 24.1 Å². The first-order valence-corrected chi connectivity index (χ1v) is 8.28. The molecule has 0 spiro atoms. The van der Waals surface area contributed by atoms with Gasteiger partial charge in [0.2, 0.25) is 0 Å². The summed E-state index contributed by atoms with van der Waals surface area (Å²) in [4.78, 5) is 0. The maximum absolute atomic E-state index is 9.80. The van der Waals surface area contributed by atoms with Crippen molar-refractivity contribution in [1.82, 2.24) is 0 Å². The van der Waals surface area contributed by atoms with Crippen LogP contribution >= 0.6 is 11.6 Å². The van der Waals surface area contributed by atoms with Crippen molar-refractivity contribution in [2.45, 2.75) is 44.5 Å². The first-order valence-electron chi connectivity index (χ1n) is 7.90. The molecule has 1 heterocycles. The summed E-state index contributed by atoms with van der Waals surface area (Å²) in [6.07, 6.45) is 1.77. The summed E-state index contributed by atoms with van der Waals surface area (Å²) in [6.45, 7) is 1.91. The van der Waals surface area contributed by atoms with Crippen LogP contribution in [0.4, 0.5) is 0 Å². The van der Waals surface area contributed by atoms with Gasteiger partial charge in [-0.15, -0.1) is 0 Å². The van der Waals surface area contributed by atoms with Crippen molar-refractivity contribution in [3.05, 3.63) is 64.2 Å². The van der Waals surface area contributed by atoms with Crippen LogP contribution in [0.1, 0.15) is 30.0 Å². The molecule has 0 amide bonds. The SMILES string of the molecule is CC1OC(Cc2ccc(Cl)c(Cc3ccc(O)cc3)c2)CC1O. The fourth-order valence-electron chi connectivity index (χ4n) is 3.03. The predicted molar refractivity (Wildman–Crippen MR) is 91.0 cm³/mol. The minimum atomic E-state index is -0.372. The Balaban J connectivity index is 1.72. The number of aromatic hydroxyl groups is 1. The predicted octanol–water partition coefficient (Wildman–Crippen LogP) is 3.72. The third-order valence-electron chi connectivity index (χ3n) is 4.36. The average Bonchev–Trinajstić information content (AvgIpc) is 2.83. The van der Waals surface area contributed by atoms with Crippen LogP contribution < -0.4 is 0 Å². The molecule has 1 saturated heterocycles. The highest BCUT2D eigenvalue weighted by molar-refractivity contribution is 6.31. The van der Waals surface area contributed by atoms with E-state index in [0.29, 0.717) is 6.42 Å². The Kier molecular flexibility index (Phi) is 4.90. The first kappa shape index (κ1) is 16.3. The molecule has 23 heavy (non-hydrogen) atoms. The van der Waals surface area contributed by atoms with Crippen molar-refractivity contribution in [2.75, 3.05) is 0 Å². The van der Waals surface area contributed by atoms with Gasteiger partial charge in [-0.3, -0.25) is 0 Å². The zero-order valence-corrected chi connectivity index (χ0v) is 13.8.